The Labute approximate surface area is 456 Å². The molecule has 370 valence electrons. The van der Waals surface area contributed by atoms with E-state index in [2.05, 4.69) is 308 Å². The maximum absolute atomic E-state index is 7.40. The van der Waals surface area contributed by atoms with Gasteiger partial charge >= 0.3 is 0 Å². The summed E-state index contributed by atoms with van der Waals surface area (Å²) in [5, 5.41) is 0. The number of rotatable bonds is 11. The van der Waals surface area contributed by atoms with Gasteiger partial charge < -0.3 is 14.4 Å². The molecule has 0 N–H and O–H groups in total. The van der Waals surface area contributed by atoms with Crippen molar-refractivity contribution in [2.24, 2.45) is 0 Å². The summed E-state index contributed by atoms with van der Waals surface area (Å²) < 4.78 is 14.6. The average Bonchev–Trinajstić information content (AvgIpc) is 3.41. The Kier molecular flexibility index (Phi) is 11.9. The lowest BCUT2D eigenvalue weighted by atomic mass is 9.62. The van der Waals surface area contributed by atoms with E-state index in [9.17, 15) is 0 Å². The normalized spacial score (nSPS) is 14.2. The van der Waals surface area contributed by atoms with Crippen molar-refractivity contribution in [2.45, 2.75) is 17.8 Å². The lowest BCUT2D eigenvalue weighted by Gasteiger charge is -2.45. The van der Waals surface area contributed by atoms with Gasteiger partial charge in [-0.3, -0.25) is 0 Å². The number of para-hydroxylation sites is 3. The van der Waals surface area contributed by atoms with E-state index in [1.165, 1.54) is 38.9 Å². The Bertz CT molecular complexity index is 4010. The maximum Gasteiger partial charge on any atom is 0.156 e. The number of ether oxygens (including phenoxy) is 2. The summed E-state index contributed by atoms with van der Waals surface area (Å²) >= 11 is 0. The molecule has 0 bridgehead atoms. The van der Waals surface area contributed by atoms with E-state index >= 15 is 0 Å². The van der Waals surface area contributed by atoms with Crippen LogP contribution in [0.3, 0.4) is 0 Å². The molecule has 2 aliphatic heterocycles. The van der Waals surface area contributed by atoms with Gasteiger partial charge in [0.15, 0.2) is 5.75 Å². The van der Waals surface area contributed by atoms with E-state index in [1.807, 2.05) is 0 Å². The van der Waals surface area contributed by atoms with Crippen molar-refractivity contribution >= 4 is 17.1 Å². The van der Waals surface area contributed by atoms with Crippen molar-refractivity contribution in [3.05, 3.63) is 342 Å². The van der Waals surface area contributed by atoms with Crippen molar-refractivity contribution < 1.29 is 9.47 Å². The molecule has 1 spiro atoms. The fourth-order valence-corrected chi connectivity index (χ4v) is 12.1. The standard InChI is InChI=1S/C75H53NO2/c1-5-20-53(21-6-1)57-40-38-52(39-41-57)48-65(59-44-42-58(43-45-59)54-22-7-2-8-23-54)62-46-47-68-73(51-62)77-71-36-15-13-32-66(71)75(68)67-33-14-16-37-72(67)78-74-69(75)34-19-35-70(74)76(63-30-17-28-60(49-63)55-24-9-3-10-25-55)64-31-18-29-61(50-64)56-26-11-4-12-27-56/h1-47,49-51,65H,48H2. The molecule has 0 saturated carbocycles. The monoisotopic (exact) mass is 999 g/mol. The summed E-state index contributed by atoms with van der Waals surface area (Å²) in [6.07, 6.45) is 0.802. The third-order valence-corrected chi connectivity index (χ3v) is 15.8. The van der Waals surface area contributed by atoms with Gasteiger partial charge in [-0.25, -0.2) is 0 Å². The van der Waals surface area contributed by atoms with Crippen LogP contribution in [0.1, 0.15) is 44.9 Å². The molecule has 0 aromatic heterocycles. The first kappa shape index (κ1) is 46.6. The van der Waals surface area contributed by atoms with Crippen molar-refractivity contribution in [3.8, 4) is 67.5 Å². The smallest absolute Gasteiger partial charge is 0.156 e. The highest BCUT2D eigenvalue weighted by atomic mass is 16.5. The summed E-state index contributed by atoms with van der Waals surface area (Å²) in [5.41, 5.74) is 19.4. The minimum atomic E-state index is -0.827. The Morgan fingerprint density at radius 1 is 0.295 bits per heavy atom. The van der Waals surface area contributed by atoms with Crippen LogP contribution in [0.15, 0.2) is 303 Å². The van der Waals surface area contributed by atoms with Crippen LogP contribution in [-0.2, 0) is 11.8 Å². The number of hydrogen-bond acceptors (Lipinski definition) is 3. The van der Waals surface area contributed by atoms with Crippen LogP contribution in [0.2, 0.25) is 0 Å². The molecule has 0 amide bonds. The zero-order chi connectivity index (χ0) is 51.8. The van der Waals surface area contributed by atoms with Crippen LogP contribution in [0.25, 0.3) is 44.5 Å². The first-order valence-electron chi connectivity index (χ1n) is 26.9. The number of hydrogen-bond donors (Lipinski definition) is 0. The van der Waals surface area contributed by atoms with Gasteiger partial charge in [-0.05, 0) is 116 Å². The molecule has 2 heterocycles. The van der Waals surface area contributed by atoms with Crippen LogP contribution < -0.4 is 14.4 Å². The quantitative estimate of drug-likeness (QED) is 0.129. The zero-order valence-corrected chi connectivity index (χ0v) is 42.9. The second-order valence-electron chi connectivity index (χ2n) is 20.3. The van der Waals surface area contributed by atoms with Crippen molar-refractivity contribution in [2.75, 3.05) is 4.90 Å². The molecule has 2 unspecified atom stereocenters. The molecular weight excluding hydrogens is 947 g/mol. The van der Waals surface area contributed by atoms with Gasteiger partial charge in [0.2, 0.25) is 0 Å². The molecule has 12 aromatic rings. The molecule has 3 nitrogen and oxygen atoms in total. The Hall–Kier alpha value is -9.96. The minimum absolute atomic E-state index is 0.0205. The van der Waals surface area contributed by atoms with Crippen LogP contribution in [0.4, 0.5) is 17.1 Å². The maximum atomic E-state index is 7.40. The second kappa shape index (κ2) is 20.0. The SMILES string of the molecule is c1ccc(-c2ccc(CC(c3ccc(-c4ccccc4)cc3)c3ccc4c(c3)Oc3ccccc3C43c4ccccc4Oc4c(N(c5cccc(-c6ccccc6)c5)c5cccc(-c6ccccc6)c5)cccc43)cc2)cc1. The highest BCUT2D eigenvalue weighted by Gasteiger charge is 2.51. The number of anilines is 3. The highest BCUT2D eigenvalue weighted by molar-refractivity contribution is 5.88. The van der Waals surface area contributed by atoms with Crippen LogP contribution >= 0.6 is 0 Å². The van der Waals surface area contributed by atoms with Gasteiger partial charge in [0.1, 0.15) is 17.2 Å². The van der Waals surface area contributed by atoms with E-state index in [0.29, 0.717) is 0 Å². The summed E-state index contributed by atoms with van der Waals surface area (Å²) in [5.74, 6) is 3.25. The van der Waals surface area contributed by atoms with Crippen molar-refractivity contribution in [1.82, 2.24) is 0 Å². The van der Waals surface area contributed by atoms with E-state index in [1.54, 1.807) is 0 Å². The second-order valence-corrected chi connectivity index (χ2v) is 20.3. The van der Waals surface area contributed by atoms with Crippen LogP contribution in [0.5, 0.6) is 23.0 Å². The highest BCUT2D eigenvalue weighted by Crippen LogP contribution is 2.63. The van der Waals surface area contributed by atoms with Crippen LogP contribution in [0, 0.1) is 0 Å². The van der Waals surface area contributed by atoms with Gasteiger partial charge in [0.05, 0.1) is 11.1 Å². The van der Waals surface area contributed by atoms with Crippen molar-refractivity contribution in [3.63, 3.8) is 0 Å². The first-order chi connectivity index (χ1) is 38.7. The number of benzene rings is 12. The van der Waals surface area contributed by atoms with Gasteiger partial charge in [-0.2, -0.15) is 0 Å². The molecule has 0 saturated heterocycles. The van der Waals surface area contributed by atoms with Gasteiger partial charge in [-0.15, -0.1) is 0 Å². The zero-order valence-electron chi connectivity index (χ0n) is 42.9. The lowest BCUT2D eigenvalue weighted by molar-refractivity contribution is 0.399. The molecular formula is C75H53NO2. The average molecular weight is 1000 g/mol. The number of fused-ring (bicyclic) bond motifs is 8. The molecule has 12 aromatic carbocycles. The predicted molar refractivity (Wildman–Crippen MR) is 320 cm³/mol. The Balaban J connectivity index is 0.951. The molecule has 0 aliphatic carbocycles. The summed E-state index contributed by atoms with van der Waals surface area (Å²) in [6.45, 7) is 0. The largest absolute Gasteiger partial charge is 0.457 e. The summed E-state index contributed by atoms with van der Waals surface area (Å²) in [6, 6.07) is 109. The minimum Gasteiger partial charge on any atom is -0.457 e. The molecule has 2 atom stereocenters. The molecule has 0 radical (unpaired) electrons. The van der Waals surface area contributed by atoms with Gasteiger partial charge in [0.25, 0.3) is 0 Å². The Morgan fingerprint density at radius 3 is 1.26 bits per heavy atom. The fourth-order valence-electron chi connectivity index (χ4n) is 12.1. The Morgan fingerprint density at radius 2 is 0.705 bits per heavy atom. The third-order valence-electron chi connectivity index (χ3n) is 15.8. The summed E-state index contributed by atoms with van der Waals surface area (Å²) in [7, 11) is 0. The van der Waals surface area contributed by atoms with Crippen LogP contribution in [-0.4, -0.2) is 0 Å². The molecule has 78 heavy (non-hydrogen) atoms. The van der Waals surface area contributed by atoms with E-state index in [0.717, 1.165) is 91.0 Å². The first-order valence-corrected chi connectivity index (χ1v) is 26.9. The van der Waals surface area contributed by atoms with Gasteiger partial charge in [-0.1, -0.05) is 255 Å². The molecule has 0 fully saturated rings. The van der Waals surface area contributed by atoms with Crippen molar-refractivity contribution in [1.29, 1.82) is 0 Å². The topological polar surface area (TPSA) is 21.7 Å². The number of nitrogens with zero attached hydrogens (tertiary/aromatic N) is 1. The van der Waals surface area contributed by atoms with E-state index in [4.69, 9.17) is 9.47 Å². The molecule has 3 heteroatoms. The lowest BCUT2D eigenvalue weighted by Crippen LogP contribution is -2.37. The van der Waals surface area contributed by atoms with Gasteiger partial charge in [0, 0.05) is 39.5 Å². The third kappa shape index (κ3) is 8.34. The summed E-state index contributed by atoms with van der Waals surface area (Å²) in [4.78, 5) is 2.37. The fraction of sp³-hybridized carbons (Fsp3) is 0.0400. The molecule has 2 aliphatic rings. The van der Waals surface area contributed by atoms with E-state index < -0.39 is 5.41 Å². The predicted octanol–water partition coefficient (Wildman–Crippen LogP) is 19.8. The van der Waals surface area contributed by atoms with E-state index in [-0.39, 0.29) is 5.92 Å². The molecule has 14 rings (SSSR count).